The highest BCUT2D eigenvalue weighted by atomic mass is 35.5. The second-order valence-electron chi connectivity index (χ2n) is 8.16. The average molecular weight is 444 g/mol. The minimum absolute atomic E-state index is 0. The van der Waals surface area contributed by atoms with Crippen LogP contribution in [-0.2, 0) is 6.54 Å². The largest absolute Gasteiger partial charge is 0.335 e. The molecular formula is C21H35Cl2N5O. The molecular weight excluding hydrogens is 409 g/mol. The smallest absolute Gasteiger partial charge is 0.317 e. The van der Waals surface area contributed by atoms with Crippen molar-refractivity contribution in [2.75, 3.05) is 52.4 Å². The van der Waals surface area contributed by atoms with E-state index in [1.54, 1.807) is 0 Å². The zero-order valence-electron chi connectivity index (χ0n) is 17.1. The molecule has 2 amide bonds. The van der Waals surface area contributed by atoms with Crippen molar-refractivity contribution in [1.82, 2.24) is 25.3 Å². The molecule has 1 unspecified atom stereocenters. The third-order valence-electron chi connectivity index (χ3n) is 6.32. The van der Waals surface area contributed by atoms with Gasteiger partial charge in [-0.25, -0.2) is 4.79 Å². The fourth-order valence-corrected chi connectivity index (χ4v) is 4.58. The molecule has 0 aromatic heterocycles. The molecule has 0 spiro atoms. The Balaban J connectivity index is 0.00000150. The van der Waals surface area contributed by atoms with Crippen molar-refractivity contribution < 1.29 is 4.79 Å². The average Bonchev–Trinajstić information content (AvgIpc) is 3.25. The van der Waals surface area contributed by atoms with Gasteiger partial charge in [-0.2, -0.15) is 0 Å². The zero-order chi connectivity index (χ0) is 18.5. The van der Waals surface area contributed by atoms with Crippen LogP contribution in [0.5, 0.6) is 0 Å². The van der Waals surface area contributed by atoms with Crippen LogP contribution in [0.4, 0.5) is 4.79 Å². The number of hydrogen-bond acceptors (Lipinski definition) is 4. The maximum absolute atomic E-state index is 12.6. The topological polar surface area (TPSA) is 50.9 Å². The monoisotopic (exact) mass is 443 g/mol. The number of hydrogen-bond donors (Lipinski definition) is 2. The Labute approximate surface area is 187 Å². The fourth-order valence-electron chi connectivity index (χ4n) is 4.58. The van der Waals surface area contributed by atoms with Crippen LogP contribution in [0.15, 0.2) is 30.3 Å². The molecule has 2 N–H and O–H groups in total. The summed E-state index contributed by atoms with van der Waals surface area (Å²) in [5.74, 6) is 0. The van der Waals surface area contributed by atoms with Gasteiger partial charge in [-0.3, -0.25) is 9.80 Å². The predicted octanol–water partition coefficient (Wildman–Crippen LogP) is 2.18. The molecule has 0 radical (unpaired) electrons. The first-order chi connectivity index (χ1) is 13.3. The van der Waals surface area contributed by atoms with Gasteiger partial charge in [0.15, 0.2) is 0 Å². The van der Waals surface area contributed by atoms with Gasteiger partial charge in [-0.15, -0.1) is 24.8 Å². The molecule has 3 saturated heterocycles. The minimum atomic E-state index is 0. The number of benzene rings is 1. The molecule has 6 nitrogen and oxygen atoms in total. The van der Waals surface area contributed by atoms with Crippen molar-refractivity contribution in [3.05, 3.63) is 35.9 Å². The van der Waals surface area contributed by atoms with Gasteiger partial charge in [0, 0.05) is 64.4 Å². The van der Waals surface area contributed by atoms with Crippen molar-refractivity contribution in [2.45, 2.75) is 37.9 Å². The lowest BCUT2D eigenvalue weighted by Crippen LogP contribution is -2.56. The quantitative estimate of drug-likeness (QED) is 0.748. The lowest BCUT2D eigenvalue weighted by molar-refractivity contribution is 0.109. The Morgan fingerprint density at radius 1 is 0.966 bits per heavy atom. The molecule has 29 heavy (non-hydrogen) atoms. The van der Waals surface area contributed by atoms with Gasteiger partial charge in [0.2, 0.25) is 0 Å². The third-order valence-corrected chi connectivity index (χ3v) is 6.32. The van der Waals surface area contributed by atoms with Gasteiger partial charge in [0.25, 0.3) is 0 Å². The highest BCUT2D eigenvalue weighted by Crippen LogP contribution is 2.15. The predicted molar refractivity (Wildman–Crippen MR) is 122 cm³/mol. The molecule has 3 aliphatic rings. The highest BCUT2D eigenvalue weighted by Gasteiger charge is 2.29. The molecule has 1 atom stereocenters. The summed E-state index contributed by atoms with van der Waals surface area (Å²) in [6.45, 7) is 9.10. The van der Waals surface area contributed by atoms with Crippen LogP contribution in [0.3, 0.4) is 0 Å². The second kappa shape index (κ2) is 12.0. The summed E-state index contributed by atoms with van der Waals surface area (Å²) in [6.07, 6.45) is 3.34. The number of nitrogens with zero attached hydrogens (tertiary/aromatic N) is 3. The number of amides is 2. The SMILES string of the molecule is Cl.Cl.O=C(NC1CCN(Cc2ccccc2)CC1)N1CCN(C2CCNC2)CC1. The third kappa shape index (κ3) is 6.72. The summed E-state index contributed by atoms with van der Waals surface area (Å²) >= 11 is 0. The van der Waals surface area contributed by atoms with Gasteiger partial charge >= 0.3 is 6.03 Å². The summed E-state index contributed by atoms with van der Waals surface area (Å²) in [7, 11) is 0. The molecule has 8 heteroatoms. The van der Waals surface area contributed by atoms with Crippen LogP contribution in [-0.4, -0.2) is 85.2 Å². The number of halogens is 2. The lowest BCUT2D eigenvalue weighted by Gasteiger charge is -2.39. The molecule has 0 saturated carbocycles. The maximum atomic E-state index is 12.6. The van der Waals surface area contributed by atoms with Gasteiger partial charge in [-0.05, 0) is 31.4 Å². The first-order valence-corrected chi connectivity index (χ1v) is 10.5. The molecule has 3 heterocycles. The van der Waals surface area contributed by atoms with E-state index in [1.807, 2.05) is 4.90 Å². The van der Waals surface area contributed by atoms with Crippen LogP contribution in [0.2, 0.25) is 0 Å². The van der Waals surface area contributed by atoms with Crippen LogP contribution in [0.1, 0.15) is 24.8 Å². The Morgan fingerprint density at radius 2 is 1.66 bits per heavy atom. The normalized spacial score (nSPS) is 23.9. The van der Waals surface area contributed by atoms with E-state index >= 15 is 0 Å². The fraction of sp³-hybridized carbons (Fsp3) is 0.667. The van der Waals surface area contributed by atoms with Crippen molar-refractivity contribution in [2.24, 2.45) is 0 Å². The number of urea groups is 1. The van der Waals surface area contributed by atoms with E-state index in [0.29, 0.717) is 12.1 Å². The van der Waals surface area contributed by atoms with Gasteiger partial charge in [0.1, 0.15) is 0 Å². The number of rotatable bonds is 4. The maximum Gasteiger partial charge on any atom is 0.317 e. The summed E-state index contributed by atoms with van der Waals surface area (Å²) in [5.41, 5.74) is 1.37. The first kappa shape index (κ1) is 24.2. The molecule has 3 aliphatic heterocycles. The molecule has 3 fully saturated rings. The summed E-state index contributed by atoms with van der Waals surface area (Å²) in [5, 5.41) is 6.72. The molecule has 4 rings (SSSR count). The van der Waals surface area contributed by atoms with E-state index in [0.717, 1.165) is 71.7 Å². The summed E-state index contributed by atoms with van der Waals surface area (Å²) < 4.78 is 0. The van der Waals surface area contributed by atoms with Crippen LogP contribution >= 0.6 is 24.8 Å². The number of nitrogens with one attached hydrogen (secondary N) is 2. The van der Waals surface area contributed by atoms with Crippen molar-refractivity contribution in [1.29, 1.82) is 0 Å². The Hall–Kier alpha value is -1.05. The number of piperazine rings is 1. The minimum Gasteiger partial charge on any atom is -0.335 e. The van der Waals surface area contributed by atoms with Crippen LogP contribution in [0.25, 0.3) is 0 Å². The second-order valence-corrected chi connectivity index (χ2v) is 8.16. The zero-order valence-corrected chi connectivity index (χ0v) is 18.7. The Bertz CT molecular complexity index is 598. The first-order valence-electron chi connectivity index (χ1n) is 10.5. The van der Waals surface area contributed by atoms with Crippen molar-refractivity contribution in [3.8, 4) is 0 Å². The number of carbonyl (C=O) groups excluding carboxylic acids is 1. The highest BCUT2D eigenvalue weighted by molar-refractivity contribution is 5.85. The molecule has 0 bridgehead atoms. The molecule has 1 aromatic rings. The molecule has 164 valence electrons. The van der Waals surface area contributed by atoms with E-state index in [-0.39, 0.29) is 30.8 Å². The van der Waals surface area contributed by atoms with E-state index in [2.05, 4.69) is 50.8 Å². The summed E-state index contributed by atoms with van der Waals surface area (Å²) in [4.78, 5) is 19.7. The number of piperidine rings is 1. The van der Waals surface area contributed by atoms with E-state index in [9.17, 15) is 4.79 Å². The lowest BCUT2D eigenvalue weighted by atomic mass is 10.0. The number of likely N-dealkylation sites (tertiary alicyclic amines) is 1. The summed E-state index contributed by atoms with van der Waals surface area (Å²) in [6, 6.07) is 11.8. The Kier molecular flexibility index (Phi) is 9.99. The molecule has 0 aliphatic carbocycles. The van der Waals surface area contributed by atoms with Crippen LogP contribution < -0.4 is 10.6 Å². The standard InChI is InChI=1S/C21H33N5O.2ClH/c27-21(26-14-12-25(13-15-26)20-6-9-22-16-20)23-19-7-10-24(11-8-19)17-18-4-2-1-3-5-18;;/h1-5,19-20,22H,6-17H2,(H,23,27);2*1H. The van der Waals surface area contributed by atoms with Gasteiger partial charge < -0.3 is 15.5 Å². The van der Waals surface area contributed by atoms with E-state index < -0.39 is 0 Å². The van der Waals surface area contributed by atoms with Crippen LogP contribution in [0, 0.1) is 0 Å². The number of carbonyl (C=O) groups is 1. The van der Waals surface area contributed by atoms with E-state index in [4.69, 9.17) is 0 Å². The Morgan fingerprint density at radius 3 is 2.28 bits per heavy atom. The van der Waals surface area contributed by atoms with Gasteiger partial charge in [-0.1, -0.05) is 30.3 Å². The van der Waals surface area contributed by atoms with E-state index in [1.165, 1.54) is 12.0 Å². The van der Waals surface area contributed by atoms with Crippen molar-refractivity contribution in [3.63, 3.8) is 0 Å². The van der Waals surface area contributed by atoms with Crippen molar-refractivity contribution >= 4 is 30.8 Å². The van der Waals surface area contributed by atoms with Gasteiger partial charge in [0.05, 0.1) is 0 Å². The molecule has 1 aromatic carbocycles.